The number of thiazole rings is 1. The van der Waals surface area contributed by atoms with E-state index < -0.39 is 0 Å². The Kier molecular flexibility index (Phi) is 2.49. The predicted octanol–water partition coefficient (Wildman–Crippen LogP) is 3.16. The first kappa shape index (κ1) is 10.6. The quantitative estimate of drug-likeness (QED) is 0.567. The van der Waals surface area contributed by atoms with Gasteiger partial charge in [-0.2, -0.15) is 0 Å². The Morgan fingerprint density at radius 1 is 1.29 bits per heavy atom. The number of thiol groups is 1. The Morgan fingerprint density at radius 2 is 2.06 bits per heavy atom. The zero-order chi connectivity index (χ0) is 11.8. The molecule has 84 valence electrons. The Bertz CT molecular complexity index is 685. The van der Waals surface area contributed by atoms with Crippen LogP contribution in [0.2, 0.25) is 0 Å². The lowest BCUT2D eigenvalue weighted by molar-refractivity contribution is 0.111. The fraction of sp³-hybridized carbons (Fsp3) is 0. The van der Waals surface area contributed by atoms with Crippen LogP contribution in [0.25, 0.3) is 16.2 Å². The van der Waals surface area contributed by atoms with Crippen molar-refractivity contribution in [2.45, 2.75) is 5.03 Å². The van der Waals surface area contributed by atoms with E-state index in [0.717, 1.165) is 22.5 Å². The molecule has 17 heavy (non-hydrogen) atoms. The Balaban J connectivity index is 2.34. The van der Waals surface area contributed by atoms with Gasteiger partial charge in [0.05, 0.1) is 5.69 Å². The van der Waals surface area contributed by atoms with Gasteiger partial charge in [0, 0.05) is 5.38 Å². The molecule has 0 aliphatic rings. The number of benzene rings is 1. The molecule has 0 unspecified atom stereocenters. The van der Waals surface area contributed by atoms with Crippen LogP contribution in [0.5, 0.6) is 0 Å². The van der Waals surface area contributed by atoms with Crippen molar-refractivity contribution in [3.05, 3.63) is 41.4 Å². The highest BCUT2D eigenvalue weighted by Gasteiger charge is 2.14. The SMILES string of the molecule is O=Cc1c(S)nc2scc(-c3ccccc3)n12. The van der Waals surface area contributed by atoms with Crippen LogP contribution in [0.1, 0.15) is 10.5 Å². The third kappa shape index (κ3) is 1.59. The van der Waals surface area contributed by atoms with Crippen molar-refractivity contribution in [2.75, 3.05) is 0 Å². The van der Waals surface area contributed by atoms with E-state index in [9.17, 15) is 4.79 Å². The molecule has 0 bridgehead atoms. The Hall–Kier alpha value is -1.59. The Labute approximate surface area is 107 Å². The molecule has 2 heterocycles. The minimum absolute atomic E-state index is 0.476. The number of hydrogen-bond acceptors (Lipinski definition) is 4. The zero-order valence-electron chi connectivity index (χ0n) is 8.70. The van der Waals surface area contributed by atoms with Crippen molar-refractivity contribution in [2.24, 2.45) is 0 Å². The van der Waals surface area contributed by atoms with Crippen molar-refractivity contribution in [3.63, 3.8) is 0 Å². The van der Waals surface area contributed by atoms with Crippen LogP contribution in [0.15, 0.2) is 40.7 Å². The van der Waals surface area contributed by atoms with E-state index in [4.69, 9.17) is 0 Å². The van der Waals surface area contributed by atoms with Crippen molar-refractivity contribution in [1.82, 2.24) is 9.38 Å². The summed E-state index contributed by atoms with van der Waals surface area (Å²) in [6, 6.07) is 9.92. The molecule has 0 aliphatic carbocycles. The predicted molar refractivity (Wildman–Crippen MR) is 71.1 cm³/mol. The first-order valence-corrected chi connectivity index (χ1v) is 6.33. The van der Waals surface area contributed by atoms with Crippen molar-refractivity contribution < 1.29 is 4.79 Å². The van der Waals surface area contributed by atoms with Crippen molar-refractivity contribution >= 4 is 35.2 Å². The van der Waals surface area contributed by atoms with Gasteiger partial charge in [0.25, 0.3) is 0 Å². The van der Waals surface area contributed by atoms with Gasteiger partial charge in [-0.05, 0) is 5.56 Å². The lowest BCUT2D eigenvalue weighted by Crippen LogP contribution is -1.92. The van der Waals surface area contributed by atoms with Gasteiger partial charge >= 0.3 is 0 Å². The van der Waals surface area contributed by atoms with E-state index in [1.807, 2.05) is 40.1 Å². The maximum Gasteiger partial charge on any atom is 0.195 e. The van der Waals surface area contributed by atoms with E-state index in [-0.39, 0.29) is 0 Å². The van der Waals surface area contributed by atoms with Crippen LogP contribution in [0, 0.1) is 0 Å². The summed E-state index contributed by atoms with van der Waals surface area (Å²) in [5.74, 6) is 0. The second-order valence-corrected chi connectivity index (χ2v) is 4.80. The number of fused-ring (bicyclic) bond motifs is 1. The number of carbonyl (C=O) groups excluding carboxylic acids is 1. The van der Waals surface area contributed by atoms with E-state index in [1.165, 1.54) is 11.3 Å². The van der Waals surface area contributed by atoms with Crippen LogP contribution >= 0.6 is 24.0 Å². The molecule has 3 rings (SSSR count). The van der Waals surface area contributed by atoms with Crippen LogP contribution in [-0.2, 0) is 0 Å². The molecule has 0 saturated carbocycles. The van der Waals surface area contributed by atoms with E-state index >= 15 is 0 Å². The number of nitrogens with zero attached hydrogens (tertiary/aromatic N) is 2. The number of rotatable bonds is 2. The van der Waals surface area contributed by atoms with Gasteiger partial charge in [0.2, 0.25) is 0 Å². The van der Waals surface area contributed by atoms with E-state index in [2.05, 4.69) is 17.6 Å². The van der Waals surface area contributed by atoms with Gasteiger partial charge < -0.3 is 0 Å². The number of hydrogen-bond donors (Lipinski definition) is 1. The standard InChI is InChI=1S/C12H8N2OS2/c15-6-9-11(16)13-12-14(9)10(7-17-12)8-4-2-1-3-5-8/h1-7,16H. The van der Waals surface area contributed by atoms with E-state index in [1.54, 1.807) is 0 Å². The monoisotopic (exact) mass is 260 g/mol. The summed E-state index contributed by atoms with van der Waals surface area (Å²) >= 11 is 5.71. The zero-order valence-corrected chi connectivity index (χ0v) is 10.4. The molecule has 0 N–H and O–H groups in total. The molecule has 0 aliphatic heterocycles. The molecule has 1 aromatic carbocycles. The van der Waals surface area contributed by atoms with Crippen molar-refractivity contribution in [3.8, 4) is 11.3 Å². The number of aromatic nitrogens is 2. The highest BCUT2D eigenvalue weighted by molar-refractivity contribution is 7.80. The maximum atomic E-state index is 11.1. The second-order valence-electron chi connectivity index (χ2n) is 3.54. The summed E-state index contributed by atoms with van der Waals surface area (Å²) in [4.78, 5) is 16.1. The Morgan fingerprint density at radius 3 is 2.76 bits per heavy atom. The van der Waals surface area contributed by atoms with Gasteiger partial charge in [-0.3, -0.25) is 9.20 Å². The molecule has 0 atom stereocenters. The lowest BCUT2D eigenvalue weighted by Gasteiger charge is -2.00. The minimum Gasteiger partial charge on any atom is -0.296 e. The van der Waals surface area contributed by atoms with Crippen LogP contribution in [-0.4, -0.2) is 15.7 Å². The van der Waals surface area contributed by atoms with Gasteiger partial charge in [0.15, 0.2) is 11.2 Å². The van der Waals surface area contributed by atoms with Crippen LogP contribution in [0.3, 0.4) is 0 Å². The van der Waals surface area contributed by atoms with Gasteiger partial charge in [-0.25, -0.2) is 4.98 Å². The first-order valence-electron chi connectivity index (χ1n) is 5.01. The molecular formula is C12H8N2OS2. The average molecular weight is 260 g/mol. The fourth-order valence-corrected chi connectivity index (χ4v) is 3.01. The third-order valence-electron chi connectivity index (χ3n) is 2.56. The highest BCUT2D eigenvalue weighted by atomic mass is 32.1. The maximum absolute atomic E-state index is 11.1. The summed E-state index contributed by atoms with van der Waals surface area (Å²) in [6.45, 7) is 0. The second kappa shape index (κ2) is 4.01. The molecule has 5 heteroatoms. The van der Waals surface area contributed by atoms with Gasteiger partial charge in [-0.1, -0.05) is 30.3 Å². The van der Waals surface area contributed by atoms with Crippen LogP contribution in [0.4, 0.5) is 0 Å². The molecule has 3 aromatic rings. The number of aldehydes is 1. The highest BCUT2D eigenvalue weighted by Crippen LogP contribution is 2.29. The molecule has 0 saturated heterocycles. The third-order valence-corrected chi connectivity index (χ3v) is 3.72. The molecule has 0 spiro atoms. The van der Waals surface area contributed by atoms with Gasteiger partial charge in [0.1, 0.15) is 10.7 Å². The summed E-state index contributed by atoms with van der Waals surface area (Å²) in [5, 5.41) is 2.47. The summed E-state index contributed by atoms with van der Waals surface area (Å²) in [6.07, 6.45) is 0.793. The molecule has 0 amide bonds. The molecule has 3 nitrogen and oxygen atoms in total. The van der Waals surface area contributed by atoms with Crippen molar-refractivity contribution in [1.29, 1.82) is 0 Å². The summed E-state index contributed by atoms with van der Waals surface area (Å²) < 4.78 is 1.84. The lowest BCUT2D eigenvalue weighted by atomic mass is 10.2. The number of carbonyl (C=O) groups is 1. The summed E-state index contributed by atoms with van der Waals surface area (Å²) in [5.41, 5.74) is 2.54. The smallest absolute Gasteiger partial charge is 0.195 e. The van der Waals surface area contributed by atoms with Crippen LogP contribution < -0.4 is 0 Å². The number of imidazole rings is 1. The molecular weight excluding hydrogens is 252 g/mol. The largest absolute Gasteiger partial charge is 0.296 e. The summed E-state index contributed by atoms with van der Waals surface area (Å²) in [7, 11) is 0. The first-order chi connectivity index (χ1) is 8.31. The molecule has 2 aromatic heterocycles. The van der Waals surface area contributed by atoms with E-state index in [0.29, 0.717) is 10.7 Å². The fourth-order valence-electron chi connectivity index (χ4n) is 1.79. The normalized spacial score (nSPS) is 10.9. The minimum atomic E-state index is 0.476. The molecule has 0 radical (unpaired) electrons. The topological polar surface area (TPSA) is 34.4 Å². The van der Waals surface area contributed by atoms with Gasteiger partial charge in [-0.15, -0.1) is 24.0 Å². The average Bonchev–Trinajstić information content (AvgIpc) is 2.88. The molecule has 0 fully saturated rings.